The summed E-state index contributed by atoms with van der Waals surface area (Å²) in [5.74, 6) is 0.0848. The van der Waals surface area contributed by atoms with Crippen molar-refractivity contribution in [3.63, 3.8) is 0 Å². The summed E-state index contributed by atoms with van der Waals surface area (Å²) in [6.07, 6.45) is 1.78. The van der Waals surface area contributed by atoms with E-state index in [1.54, 1.807) is 11.5 Å². The smallest absolute Gasteiger partial charge is 0.338 e. The zero-order valence-corrected chi connectivity index (χ0v) is 21.6. The van der Waals surface area contributed by atoms with Crippen LogP contribution in [0.5, 0.6) is 5.75 Å². The number of methoxy groups -OCH3 is 1. The van der Waals surface area contributed by atoms with E-state index in [-0.39, 0.29) is 11.7 Å². The average Bonchev–Trinajstić information content (AvgIpc) is 3.12. The maximum absolute atomic E-state index is 13.7. The van der Waals surface area contributed by atoms with Crippen molar-refractivity contribution in [1.29, 1.82) is 0 Å². The lowest BCUT2D eigenvalue weighted by Crippen LogP contribution is -2.40. The molecule has 1 aromatic heterocycles. The molecule has 1 aliphatic heterocycles. The number of carbonyl (C=O) groups is 1. The summed E-state index contributed by atoms with van der Waals surface area (Å²) in [7, 11) is 5.29. The number of esters is 1. The van der Waals surface area contributed by atoms with Gasteiger partial charge in [0.15, 0.2) is 4.80 Å². The van der Waals surface area contributed by atoms with Gasteiger partial charge in [0.25, 0.3) is 5.56 Å². The van der Waals surface area contributed by atoms with Gasteiger partial charge in [-0.3, -0.25) is 9.36 Å². The first kappa shape index (κ1) is 24.5. The molecule has 0 amide bonds. The van der Waals surface area contributed by atoms with Crippen molar-refractivity contribution < 1.29 is 14.3 Å². The van der Waals surface area contributed by atoms with Crippen LogP contribution in [0.1, 0.15) is 37.9 Å². The molecule has 182 valence electrons. The molecule has 1 atom stereocenters. The van der Waals surface area contributed by atoms with E-state index in [2.05, 4.69) is 4.99 Å². The quantitative estimate of drug-likeness (QED) is 0.495. The van der Waals surface area contributed by atoms with Crippen molar-refractivity contribution >= 4 is 29.1 Å². The number of fused-ring (bicyclic) bond motifs is 1. The van der Waals surface area contributed by atoms with E-state index in [4.69, 9.17) is 9.47 Å². The minimum atomic E-state index is -0.716. The molecule has 8 heteroatoms. The SMILES string of the molecule is COC(=O)C1=C(C)N=c2s/c(=C\c3ccc(N(C)C)cc3)c(=O)n2[C@H]1c1ccccc1OC(C)C. The second-order valence-electron chi connectivity index (χ2n) is 8.76. The van der Waals surface area contributed by atoms with Gasteiger partial charge in [0.2, 0.25) is 0 Å². The number of ether oxygens (including phenoxy) is 2. The number of anilines is 1. The fourth-order valence-corrected chi connectivity index (χ4v) is 5.12. The van der Waals surface area contributed by atoms with Crippen LogP contribution in [0.3, 0.4) is 0 Å². The number of hydrogen-bond donors (Lipinski definition) is 0. The molecule has 0 saturated carbocycles. The summed E-state index contributed by atoms with van der Waals surface area (Å²) < 4.78 is 13.3. The van der Waals surface area contributed by atoms with Gasteiger partial charge in [0.05, 0.1) is 29.0 Å². The van der Waals surface area contributed by atoms with Gasteiger partial charge in [-0.15, -0.1) is 0 Å². The summed E-state index contributed by atoms with van der Waals surface area (Å²) in [6, 6.07) is 14.7. The van der Waals surface area contributed by atoms with E-state index >= 15 is 0 Å². The molecule has 0 N–H and O–H groups in total. The van der Waals surface area contributed by atoms with Crippen LogP contribution in [0.25, 0.3) is 6.08 Å². The lowest BCUT2D eigenvalue weighted by molar-refractivity contribution is -0.136. The first-order valence-corrected chi connectivity index (χ1v) is 12.2. The van der Waals surface area contributed by atoms with Crippen LogP contribution in [0, 0.1) is 0 Å². The number of carbonyl (C=O) groups excluding carboxylic acids is 1. The molecule has 2 heterocycles. The summed E-state index contributed by atoms with van der Waals surface area (Å²) >= 11 is 1.30. The highest BCUT2D eigenvalue weighted by atomic mass is 32.1. The first-order chi connectivity index (χ1) is 16.7. The Hall–Kier alpha value is -3.65. The number of rotatable bonds is 6. The molecule has 0 spiro atoms. The fraction of sp³-hybridized carbons (Fsp3) is 0.296. The van der Waals surface area contributed by atoms with Gasteiger partial charge in [-0.25, -0.2) is 9.79 Å². The molecule has 0 fully saturated rings. The molecule has 0 saturated heterocycles. The number of para-hydroxylation sites is 1. The van der Waals surface area contributed by atoms with Crippen LogP contribution in [0.4, 0.5) is 5.69 Å². The number of nitrogens with zero attached hydrogens (tertiary/aromatic N) is 3. The number of benzene rings is 2. The van der Waals surface area contributed by atoms with Gasteiger partial charge in [0, 0.05) is 25.3 Å². The maximum Gasteiger partial charge on any atom is 0.338 e. The van der Waals surface area contributed by atoms with Gasteiger partial charge in [-0.05, 0) is 50.6 Å². The maximum atomic E-state index is 13.7. The molecule has 0 radical (unpaired) electrons. The summed E-state index contributed by atoms with van der Waals surface area (Å²) in [4.78, 5) is 33.8. The summed E-state index contributed by atoms with van der Waals surface area (Å²) in [6.45, 7) is 5.64. The van der Waals surface area contributed by atoms with Crippen LogP contribution in [-0.2, 0) is 9.53 Å². The minimum absolute atomic E-state index is 0.0798. The van der Waals surface area contributed by atoms with E-state index in [1.807, 2.05) is 87.4 Å². The number of allylic oxidation sites excluding steroid dienone is 1. The van der Waals surface area contributed by atoms with E-state index in [0.29, 0.717) is 31.9 Å². The van der Waals surface area contributed by atoms with Gasteiger partial charge in [-0.2, -0.15) is 0 Å². The molecule has 0 bridgehead atoms. The molecule has 7 nitrogen and oxygen atoms in total. The van der Waals surface area contributed by atoms with Crippen molar-refractivity contribution in [2.75, 3.05) is 26.1 Å². The van der Waals surface area contributed by atoms with Crippen molar-refractivity contribution in [2.45, 2.75) is 32.9 Å². The first-order valence-electron chi connectivity index (χ1n) is 11.3. The third-order valence-corrected chi connectivity index (χ3v) is 6.69. The highest BCUT2D eigenvalue weighted by molar-refractivity contribution is 7.07. The van der Waals surface area contributed by atoms with Gasteiger partial charge in [-0.1, -0.05) is 41.7 Å². The predicted octanol–water partition coefficient (Wildman–Crippen LogP) is 3.26. The second kappa shape index (κ2) is 9.92. The number of hydrogen-bond acceptors (Lipinski definition) is 7. The Balaban J connectivity index is 1.94. The van der Waals surface area contributed by atoms with E-state index in [0.717, 1.165) is 11.3 Å². The van der Waals surface area contributed by atoms with Crippen molar-refractivity contribution in [3.8, 4) is 5.75 Å². The normalized spacial score (nSPS) is 15.6. The molecule has 0 aliphatic carbocycles. The van der Waals surface area contributed by atoms with Crippen LogP contribution in [0.15, 0.2) is 69.6 Å². The van der Waals surface area contributed by atoms with E-state index < -0.39 is 12.0 Å². The number of thiazole rings is 1. The van der Waals surface area contributed by atoms with Crippen LogP contribution in [0.2, 0.25) is 0 Å². The molecule has 1 aliphatic rings. The molecule has 3 aromatic rings. The van der Waals surface area contributed by atoms with Crippen molar-refractivity contribution in [3.05, 3.63) is 90.6 Å². The third-order valence-electron chi connectivity index (χ3n) is 5.71. The Kier molecular flexibility index (Phi) is 6.93. The molecule has 2 aromatic carbocycles. The second-order valence-corrected chi connectivity index (χ2v) is 9.77. The summed E-state index contributed by atoms with van der Waals surface area (Å²) in [5.41, 5.74) is 3.31. The van der Waals surface area contributed by atoms with Gasteiger partial charge < -0.3 is 14.4 Å². The molecular formula is C27H29N3O4S. The van der Waals surface area contributed by atoms with Crippen molar-refractivity contribution in [1.82, 2.24) is 4.57 Å². The molecule has 35 heavy (non-hydrogen) atoms. The highest BCUT2D eigenvalue weighted by Gasteiger charge is 2.34. The highest BCUT2D eigenvalue weighted by Crippen LogP contribution is 2.36. The topological polar surface area (TPSA) is 73.1 Å². The van der Waals surface area contributed by atoms with Crippen LogP contribution in [-0.4, -0.2) is 37.8 Å². The van der Waals surface area contributed by atoms with Crippen LogP contribution < -0.4 is 24.5 Å². The van der Waals surface area contributed by atoms with Gasteiger partial charge in [0.1, 0.15) is 11.8 Å². The van der Waals surface area contributed by atoms with Crippen molar-refractivity contribution in [2.24, 2.45) is 4.99 Å². The zero-order chi connectivity index (χ0) is 25.3. The fourth-order valence-electron chi connectivity index (χ4n) is 4.07. The lowest BCUT2D eigenvalue weighted by Gasteiger charge is -2.26. The third kappa shape index (κ3) is 4.79. The monoisotopic (exact) mass is 491 g/mol. The lowest BCUT2D eigenvalue weighted by atomic mass is 9.95. The number of aromatic nitrogens is 1. The Morgan fingerprint density at radius 3 is 2.46 bits per heavy atom. The minimum Gasteiger partial charge on any atom is -0.491 e. The Labute approximate surface area is 208 Å². The van der Waals surface area contributed by atoms with Gasteiger partial charge >= 0.3 is 5.97 Å². The zero-order valence-electron chi connectivity index (χ0n) is 20.7. The predicted molar refractivity (Wildman–Crippen MR) is 139 cm³/mol. The van der Waals surface area contributed by atoms with Crippen LogP contribution >= 0.6 is 11.3 Å². The Morgan fingerprint density at radius 2 is 1.83 bits per heavy atom. The average molecular weight is 492 g/mol. The molecule has 4 rings (SSSR count). The molecular weight excluding hydrogens is 462 g/mol. The Morgan fingerprint density at radius 1 is 1.14 bits per heavy atom. The largest absolute Gasteiger partial charge is 0.491 e. The standard InChI is InChI=1S/C27H29N3O4S/c1-16(2)34-21-10-8-7-9-20(21)24-23(26(32)33-6)17(3)28-27-30(24)25(31)22(35-27)15-18-11-13-19(14-12-18)29(4)5/h7-16,24H,1-6H3/b22-15-/t24-/m0/s1. The Bertz CT molecular complexity index is 1460. The summed E-state index contributed by atoms with van der Waals surface area (Å²) in [5, 5.41) is 0. The van der Waals surface area contributed by atoms with E-state index in [9.17, 15) is 9.59 Å². The molecule has 0 unspecified atom stereocenters. The van der Waals surface area contributed by atoms with E-state index in [1.165, 1.54) is 18.4 Å².